The summed E-state index contributed by atoms with van der Waals surface area (Å²) in [7, 11) is 0. The van der Waals surface area contributed by atoms with Crippen LogP contribution in [0.4, 0.5) is 11.8 Å². The summed E-state index contributed by atoms with van der Waals surface area (Å²) in [5.41, 5.74) is 2.82. The lowest BCUT2D eigenvalue weighted by atomic mass is 10.1. The molecule has 0 aliphatic rings. The Kier molecular flexibility index (Phi) is 6.24. The lowest BCUT2D eigenvalue weighted by molar-refractivity contribution is 0.271. The van der Waals surface area contributed by atoms with E-state index in [1.54, 1.807) is 6.33 Å². The molecule has 7 nitrogen and oxygen atoms in total. The van der Waals surface area contributed by atoms with Crippen molar-refractivity contribution in [3.05, 3.63) is 42.2 Å². The van der Waals surface area contributed by atoms with Crippen molar-refractivity contribution in [3.8, 4) is 0 Å². The quantitative estimate of drug-likeness (QED) is 0.537. The number of imidazole rings is 1. The highest BCUT2D eigenvalue weighted by atomic mass is 16.3. The molecule has 7 heteroatoms. The molecule has 0 spiro atoms. The first-order chi connectivity index (χ1) is 13.1. The van der Waals surface area contributed by atoms with E-state index in [0.717, 1.165) is 30.6 Å². The summed E-state index contributed by atoms with van der Waals surface area (Å²) < 4.78 is 2.03. The fourth-order valence-corrected chi connectivity index (χ4v) is 2.91. The summed E-state index contributed by atoms with van der Waals surface area (Å²) in [5, 5.41) is 16.1. The van der Waals surface area contributed by atoms with Crippen molar-refractivity contribution in [3.63, 3.8) is 0 Å². The maximum Gasteiger partial charge on any atom is 0.227 e. The van der Waals surface area contributed by atoms with E-state index in [9.17, 15) is 5.11 Å². The van der Waals surface area contributed by atoms with Crippen molar-refractivity contribution in [2.45, 2.75) is 45.7 Å². The van der Waals surface area contributed by atoms with Crippen molar-refractivity contribution >= 4 is 22.9 Å². The molecule has 0 aliphatic carbocycles. The molecule has 0 saturated carbocycles. The highest BCUT2D eigenvalue weighted by molar-refractivity contribution is 5.84. The molecule has 0 fully saturated rings. The molecule has 2 aromatic heterocycles. The molecule has 2 heterocycles. The predicted octanol–water partition coefficient (Wildman–Crippen LogP) is 3.24. The van der Waals surface area contributed by atoms with Crippen LogP contribution < -0.4 is 10.6 Å². The lowest BCUT2D eigenvalue weighted by Gasteiger charge is -2.16. The lowest BCUT2D eigenvalue weighted by Crippen LogP contribution is -2.24. The highest BCUT2D eigenvalue weighted by Crippen LogP contribution is 2.23. The maximum absolute atomic E-state index is 9.49. The summed E-state index contributed by atoms with van der Waals surface area (Å²) >= 11 is 0. The standard InChI is InChI=1S/C20H28N6O/c1-4-16(12-27)23-20-24-18(21-11-10-15-8-6-5-7-9-15)17-19(25-20)26(13-22-17)14(2)3/h5-9,13-14,16,27H,4,10-12H2,1-3H3,(H2,21,23,24,25)/t16-/m1/s1. The average molecular weight is 368 g/mol. The zero-order valence-electron chi connectivity index (χ0n) is 16.2. The largest absolute Gasteiger partial charge is 0.394 e. The number of aromatic nitrogens is 4. The number of anilines is 2. The number of aliphatic hydroxyl groups excluding tert-OH is 1. The number of nitrogens with one attached hydrogen (secondary N) is 2. The Morgan fingerprint density at radius 1 is 1.15 bits per heavy atom. The second-order valence-corrected chi connectivity index (χ2v) is 6.91. The van der Waals surface area contributed by atoms with Gasteiger partial charge in [-0.15, -0.1) is 0 Å². The van der Waals surface area contributed by atoms with Gasteiger partial charge < -0.3 is 20.3 Å². The summed E-state index contributed by atoms with van der Waals surface area (Å²) in [6.45, 7) is 7.01. The predicted molar refractivity (Wildman–Crippen MR) is 109 cm³/mol. The normalized spacial score (nSPS) is 12.5. The molecule has 0 aliphatic heterocycles. The summed E-state index contributed by atoms with van der Waals surface area (Å²) in [4.78, 5) is 13.8. The third-order valence-electron chi connectivity index (χ3n) is 4.57. The fourth-order valence-electron chi connectivity index (χ4n) is 2.91. The van der Waals surface area contributed by atoms with E-state index in [-0.39, 0.29) is 18.7 Å². The van der Waals surface area contributed by atoms with Gasteiger partial charge in [0.25, 0.3) is 0 Å². The first-order valence-electron chi connectivity index (χ1n) is 9.52. The number of rotatable bonds is 9. The molecular formula is C20H28N6O. The van der Waals surface area contributed by atoms with E-state index in [4.69, 9.17) is 0 Å². The van der Waals surface area contributed by atoms with Gasteiger partial charge in [-0.05, 0) is 32.3 Å². The van der Waals surface area contributed by atoms with Crippen LogP contribution in [0.3, 0.4) is 0 Å². The number of nitrogens with zero attached hydrogens (tertiary/aromatic N) is 4. The monoisotopic (exact) mass is 368 g/mol. The van der Waals surface area contributed by atoms with Crippen LogP contribution in [0.1, 0.15) is 38.8 Å². The molecule has 1 aromatic carbocycles. The Bertz CT molecular complexity index is 858. The van der Waals surface area contributed by atoms with Crippen LogP contribution in [0.25, 0.3) is 11.2 Å². The molecule has 3 rings (SSSR count). The topological polar surface area (TPSA) is 87.9 Å². The van der Waals surface area contributed by atoms with Gasteiger partial charge in [-0.2, -0.15) is 9.97 Å². The maximum atomic E-state index is 9.49. The zero-order chi connectivity index (χ0) is 19.2. The van der Waals surface area contributed by atoms with Crippen LogP contribution in [0.15, 0.2) is 36.7 Å². The first-order valence-corrected chi connectivity index (χ1v) is 9.52. The third kappa shape index (κ3) is 4.54. The van der Waals surface area contributed by atoms with Gasteiger partial charge in [0.05, 0.1) is 19.0 Å². The van der Waals surface area contributed by atoms with Crippen LogP contribution in [0, 0.1) is 0 Å². The van der Waals surface area contributed by atoms with E-state index in [0.29, 0.717) is 11.8 Å². The molecule has 0 saturated heterocycles. The van der Waals surface area contributed by atoms with E-state index in [2.05, 4.69) is 51.6 Å². The fraction of sp³-hybridized carbons (Fsp3) is 0.450. The van der Waals surface area contributed by atoms with Crippen LogP contribution in [-0.2, 0) is 6.42 Å². The zero-order valence-corrected chi connectivity index (χ0v) is 16.2. The molecule has 3 N–H and O–H groups in total. The Hall–Kier alpha value is -2.67. The first kappa shape index (κ1) is 19.1. The molecule has 3 aromatic rings. The van der Waals surface area contributed by atoms with Crippen molar-refractivity contribution in [2.24, 2.45) is 0 Å². The van der Waals surface area contributed by atoms with Crippen LogP contribution in [0.5, 0.6) is 0 Å². The smallest absolute Gasteiger partial charge is 0.227 e. The van der Waals surface area contributed by atoms with Crippen LogP contribution >= 0.6 is 0 Å². The van der Waals surface area contributed by atoms with Crippen molar-refractivity contribution in [1.29, 1.82) is 0 Å². The number of fused-ring (bicyclic) bond motifs is 1. The second kappa shape index (κ2) is 8.81. The number of hydrogen-bond acceptors (Lipinski definition) is 6. The molecule has 0 bridgehead atoms. The molecule has 0 unspecified atom stereocenters. The number of aliphatic hydroxyl groups is 1. The van der Waals surface area contributed by atoms with Gasteiger partial charge in [0.2, 0.25) is 5.95 Å². The summed E-state index contributed by atoms with van der Waals surface area (Å²) in [5.74, 6) is 1.22. The van der Waals surface area contributed by atoms with Gasteiger partial charge in [-0.3, -0.25) is 0 Å². The van der Waals surface area contributed by atoms with Gasteiger partial charge in [0, 0.05) is 12.6 Å². The Morgan fingerprint density at radius 3 is 2.59 bits per heavy atom. The van der Waals surface area contributed by atoms with Gasteiger partial charge in [-0.1, -0.05) is 37.3 Å². The second-order valence-electron chi connectivity index (χ2n) is 6.91. The van der Waals surface area contributed by atoms with E-state index < -0.39 is 0 Å². The van der Waals surface area contributed by atoms with Gasteiger partial charge in [0.15, 0.2) is 17.0 Å². The number of benzene rings is 1. The van der Waals surface area contributed by atoms with Crippen molar-refractivity contribution in [1.82, 2.24) is 19.5 Å². The van der Waals surface area contributed by atoms with E-state index in [1.807, 2.05) is 29.7 Å². The van der Waals surface area contributed by atoms with Crippen molar-refractivity contribution < 1.29 is 5.11 Å². The SMILES string of the molecule is CC[C@H](CO)Nc1nc(NCCc2ccccc2)c2ncn(C(C)C)c2n1. The minimum atomic E-state index is -0.0740. The molecule has 0 radical (unpaired) electrons. The van der Waals surface area contributed by atoms with Gasteiger partial charge in [0.1, 0.15) is 0 Å². The van der Waals surface area contributed by atoms with Gasteiger partial charge >= 0.3 is 0 Å². The Balaban J connectivity index is 1.87. The molecule has 144 valence electrons. The molecule has 27 heavy (non-hydrogen) atoms. The molecule has 0 amide bonds. The van der Waals surface area contributed by atoms with Gasteiger partial charge in [-0.25, -0.2) is 4.98 Å². The molecule has 1 atom stereocenters. The average Bonchev–Trinajstić information content (AvgIpc) is 3.11. The highest BCUT2D eigenvalue weighted by Gasteiger charge is 2.16. The molecular weight excluding hydrogens is 340 g/mol. The number of hydrogen-bond donors (Lipinski definition) is 3. The van der Waals surface area contributed by atoms with Crippen molar-refractivity contribution in [2.75, 3.05) is 23.8 Å². The third-order valence-corrected chi connectivity index (χ3v) is 4.57. The van der Waals surface area contributed by atoms with Crippen LogP contribution in [-0.4, -0.2) is 43.8 Å². The minimum Gasteiger partial charge on any atom is -0.394 e. The van der Waals surface area contributed by atoms with Crippen LogP contribution in [0.2, 0.25) is 0 Å². The minimum absolute atomic E-state index is 0.0398. The summed E-state index contributed by atoms with van der Waals surface area (Å²) in [6, 6.07) is 10.5. The Morgan fingerprint density at radius 2 is 1.93 bits per heavy atom. The van der Waals surface area contributed by atoms with E-state index >= 15 is 0 Å². The Labute approximate surface area is 159 Å². The summed E-state index contributed by atoms with van der Waals surface area (Å²) in [6.07, 6.45) is 3.49. The van der Waals surface area contributed by atoms with E-state index in [1.165, 1.54) is 5.56 Å².